The number of carbonyl (C=O) groups excluding carboxylic acids is 1. The lowest BCUT2D eigenvalue weighted by Gasteiger charge is -2.09. The summed E-state index contributed by atoms with van der Waals surface area (Å²) in [5.74, 6) is -4.44. The summed E-state index contributed by atoms with van der Waals surface area (Å²) in [6.45, 7) is 2.08. The molecular weight excluding hydrogens is 295 g/mol. The number of benzene rings is 1. The van der Waals surface area contributed by atoms with Crippen molar-refractivity contribution in [2.24, 2.45) is 0 Å². The number of hydrogen-bond donors (Lipinski definition) is 0. The molecule has 0 radical (unpaired) electrons. The third-order valence-electron chi connectivity index (χ3n) is 2.56. The minimum atomic E-state index is -4.98. The SMILES string of the molecule is CCCCOC(=O)/C=C/c1ccc(C(F)(F)F)c(F)c1F. The van der Waals surface area contributed by atoms with Crippen molar-refractivity contribution in [3.8, 4) is 0 Å². The number of unbranched alkanes of at least 4 members (excludes halogenated alkanes) is 1. The molecule has 0 amide bonds. The van der Waals surface area contributed by atoms with E-state index in [2.05, 4.69) is 0 Å². The molecular formula is C14H13F5O2. The van der Waals surface area contributed by atoms with Gasteiger partial charge in [-0.05, 0) is 18.6 Å². The van der Waals surface area contributed by atoms with Crippen LogP contribution in [0.15, 0.2) is 18.2 Å². The lowest BCUT2D eigenvalue weighted by molar-refractivity contribution is -0.140. The number of rotatable bonds is 5. The minimum Gasteiger partial charge on any atom is -0.463 e. The van der Waals surface area contributed by atoms with E-state index >= 15 is 0 Å². The molecule has 0 aromatic heterocycles. The molecule has 0 heterocycles. The van der Waals surface area contributed by atoms with E-state index < -0.39 is 34.9 Å². The molecule has 116 valence electrons. The summed E-state index contributed by atoms with van der Waals surface area (Å²) < 4.78 is 68.5. The molecule has 0 aliphatic rings. The lowest BCUT2D eigenvalue weighted by Crippen LogP contribution is -2.10. The first kappa shape index (κ1) is 17.1. The second-order valence-electron chi connectivity index (χ2n) is 4.18. The maximum Gasteiger partial charge on any atom is 0.419 e. The van der Waals surface area contributed by atoms with Gasteiger partial charge in [0.05, 0.1) is 12.2 Å². The molecule has 1 aromatic carbocycles. The van der Waals surface area contributed by atoms with Gasteiger partial charge in [0.2, 0.25) is 0 Å². The van der Waals surface area contributed by atoms with Gasteiger partial charge in [0.1, 0.15) is 0 Å². The maximum atomic E-state index is 13.5. The summed E-state index contributed by atoms with van der Waals surface area (Å²) in [6.07, 6.45) is -1.81. The molecule has 2 nitrogen and oxygen atoms in total. The quantitative estimate of drug-likeness (QED) is 0.350. The minimum absolute atomic E-state index is 0.184. The zero-order valence-corrected chi connectivity index (χ0v) is 11.1. The normalized spacial score (nSPS) is 11.9. The fraction of sp³-hybridized carbons (Fsp3) is 0.357. The highest BCUT2D eigenvalue weighted by atomic mass is 19.4. The summed E-state index contributed by atoms with van der Waals surface area (Å²) >= 11 is 0. The monoisotopic (exact) mass is 308 g/mol. The Morgan fingerprint density at radius 1 is 1.24 bits per heavy atom. The Balaban J connectivity index is 2.86. The summed E-state index contributed by atoms with van der Waals surface area (Å²) in [4.78, 5) is 11.2. The van der Waals surface area contributed by atoms with E-state index in [1.54, 1.807) is 0 Å². The van der Waals surface area contributed by atoms with E-state index in [0.717, 1.165) is 24.6 Å². The Labute approximate surface area is 118 Å². The van der Waals surface area contributed by atoms with Crippen LogP contribution < -0.4 is 0 Å². The van der Waals surface area contributed by atoms with Gasteiger partial charge in [-0.15, -0.1) is 0 Å². The Bertz CT molecular complexity index is 535. The summed E-state index contributed by atoms with van der Waals surface area (Å²) in [6, 6.07) is 1.16. The molecule has 0 N–H and O–H groups in total. The number of carbonyl (C=O) groups is 1. The molecule has 0 unspecified atom stereocenters. The first-order valence-corrected chi connectivity index (χ1v) is 6.17. The molecule has 0 atom stereocenters. The molecule has 0 aliphatic heterocycles. The second kappa shape index (κ2) is 7.19. The second-order valence-corrected chi connectivity index (χ2v) is 4.18. The van der Waals surface area contributed by atoms with Crippen molar-refractivity contribution in [2.45, 2.75) is 25.9 Å². The highest BCUT2D eigenvalue weighted by Crippen LogP contribution is 2.33. The van der Waals surface area contributed by atoms with Crippen LogP contribution >= 0.6 is 0 Å². The van der Waals surface area contributed by atoms with Crippen LogP contribution in [0.1, 0.15) is 30.9 Å². The standard InChI is InChI=1S/C14H13F5O2/c1-2-3-8-21-11(20)7-5-9-4-6-10(14(17,18)19)13(16)12(9)15/h4-7H,2-3,8H2,1H3/b7-5+. The van der Waals surface area contributed by atoms with E-state index in [4.69, 9.17) is 4.74 Å². The summed E-state index contributed by atoms with van der Waals surface area (Å²) in [5.41, 5.74) is -2.16. The van der Waals surface area contributed by atoms with Crippen LogP contribution in [0.4, 0.5) is 22.0 Å². The summed E-state index contributed by atoms with van der Waals surface area (Å²) in [5, 5.41) is 0. The van der Waals surface area contributed by atoms with Crippen LogP contribution in [-0.2, 0) is 15.7 Å². The third-order valence-corrected chi connectivity index (χ3v) is 2.56. The summed E-state index contributed by atoms with van der Waals surface area (Å²) in [7, 11) is 0. The highest BCUT2D eigenvalue weighted by Gasteiger charge is 2.35. The number of esters is 1. The van der Waals surface area contributed by atoms with E-state index in [1.807, 2.05) is 6.92 Å². The fourth-order valence-corrected chi connectivity index (χ4v) is 1.44. The van der Waals surface area contributed by atoms with Crippen molar-refractivity contribution in [2.75, 3.05) is 6.61 Å². The van der Waals surface area contributed by atoms with Gasteiger partial charge in [-0.25, -0.2) is 13.6 Å². The molecule has 0 bridgehead atoms. The zero-order valence-electron chi connectivity index (χ0n) is 11.1. The van der Waals surface area contributed by atoms with Gasteiger partial charge in [0.15, 0.2) is 11.6 Å². The van der Waals surface area contributed by atoms with E-state index in [0.29, 0.717) is 12.5 Å². The molecule has 21 heavy (non-hydrogen) atoms. The van der Waals surface area contributed by atoms with Gasteiger partial charge in [0, 0.05) is 11.6 Å². The van der Waals surface area contributed by atoms with Crippen LogP contribution in [0.2, 0.25) is 0 Å². The smallest absolute Gasteiger partial charge is 0.419 e. The number of ether oxygens (including phenoxy) is 1. The van der Waals surface area contributed by atoms with Gasteiger partial charge in [0.25, 0.3) is 0 Å². The molecule has 7 heteroatoms. The molecule has 0 saturated heterocycles. The Kier molecular flexibility index (Phi) is 5.87. The Morgan fingerprint density at radius 3 is 2.48 bits per heavy atom. The van der Waals surface area contributed by atoms with Crippen LogP contribution in [0.5, 0.6) is 0 Å². The first-order chi connectivity index (χ1) is 9.77. The van der Waals surface area contributed by atoms with Crippen molar-refractivity contribution < 1.29 is 31.5 Å². The highest BCUT2D eigenvalue weighted by molar-refractivity contribution is 5.87. The van der Waals surface area contributed by atoms with E-state index in [-0.39, 0.29) is 6.61 Å². The predicted octanol–water partition coefficient (Wildman–Crippen LogP) is 4.34. The molecule has 1 rings (SSSR count). The van der Waals surface area contributed by atoms with Crippen molar-refractivity contribution in [3.05, 3.63) is 41.0 Å². The molecule has 0 aliphatic carbocycles. The molecule has 1 aromatic rings. The number of alkyl halides is 3. The van der Waals surface area contributed by atoms with E-state index in [9.17, 15) is 26.7 Å². The zero-order chi connectivity index (χ0) is 16.0. The van der Waals surface area contributed by atoms with Crippen LogP contribution in [0.25, 0.3) is 6.08 Å². The Hall–Kier alpha value is -1.92. The van der Waals surface area contributed by atoms with Crippen LogP contribution in [0, 0.1) is 11.6 Å². The van der Waals surface area contributed by atoms with Gasteiger partial charge in [-0.2, -0.15) is 13.2 Å². The third kappa shape index (κ3) is 4.84. The molecule has 0 spiro atoms. The van der Waals surface area contributed by atoms with Gasteiger partial charge in [-0.3, -0.25) is 0 Å². The first-order valence-electron chi connectivity index (χ1n) is 6.17. The number of halogens is 5. The Morgan fingerprint density at radius 2 is 1.90 bits per heavy atom. The van der Waals surface area contributed by atoms with Crippen molar-refractivity contribution in [1.82, 2.24) is 0 Å². The molecule has 0 fully saturated rings. The van der Waals surface area contributed by atoms with Crippen molar-refractivity contribution in [3.63, 3.8) is 0 Å². The van der Waals surface area contributed by atoms with Gasteiger partial charge < -0.3 is 4.74 Å². The van der Waals surface area contributed by atoms with E-state index in [1.165, 1.54) is 0 Å². The van der Waals surface area contributed by atoms with Gasteiger partial charge >= 0.3 is 12.1 Å². The van der Waals surface area contributed by atoms with Crippen LogP contribution in [-0.4, -0.2) is 12.6 Å². The predicted molar refractivity (Wildman–Crippen MR) is 66.3 cm³/mol. The van der Waals surface area contributed by atoms with Crippen LogP contribution in [0.3, 0.4) is 0 Å². The average Bonchev–Trinajstić information content (AvgIpc) is 2.39. The fourth-order valence-electron chi connectivity index (χ4n) is 1.44. The van der Waals surface area contributed by atoms with Crippen molar-refractivity contribution >= 4 is 12.0 Å². The lowest BCUT2D eigenvalue weighted by atomic mass is 10.1. The average molecular weight is 308 g/mol. The van der Waals surface area contributed by atoms with Gasteiger partial charge in [-0.1, -0.05) is 19.4 Å². The largest absolute Gasteiger partial charge is 0.463 e. The molecule has 0 saturated carbocycles. The topological polar surface area (TPSA) is 26.3 Å². The number of hydrogen-bond acceptors (Lipinski definition) is 2. The van der Waals surface area contributed by atoms with Crippen molar-refractivity contribution in [1.29, 1.82) is 0 Å². The maximum absolute atomic E-state index is 13.5.